The molecule has 11 heavy (non-hydrogen) atoms. The van der Waals surface area contributed by atoms with Crippen LogP contribution in [0, 0.1) is 6.04 Å². The second-order valence-electron chi connectivity index (χ2n) is 3.44. The van der Waals surface area contributed by atoms with Gasteiger partial charge in [-0.1, -0.05) is 32.1 Å². The summed E-state index contributed by atoms with van der Waals surface area (Å²) in [5.74, 6) is 0. The van der Waals surface area contributed by atoms with Gasteiger partial charge in [0.05, 0.1) is 0 Å². The number of allylic oxidation sites excluding steroid dienone is 1. The summed E-state index contributed by atoms with van der Waals surface area (Å²) in [6.45, 7) is 10.7. The summed E-state index contributed by atoms with van der Waals surface area (Å²) in [7, 11) is -0.867. The first kappa shape index (κ1) is 18.1. The maximum Gasteiger partial charge on any atom is 2.00 e. The van der Waals surface area contributed by atoms with Gasteiger partial charge in [-0.3, -0.25) is 0 Å². The molecule has 62 valence electrons. The van der Waals surface area contributed by atoms with Gasteiger partial charge < -0.3 is 23.0 Å². The Morgan fingerprint density at radius 3 is 2.09 bits per heavy atom. The first-order valence-corrected chi connectivity index (χ1v) is 7.09. The van der Waals surface area contributed by atoms with Crippen molar-refractivity contribution < 1.29 is 17.0 Å². The van der Waals surface area contributed by atoms with E-state index in [0.717, 1.165) is 6.42 Å². The molecule has 0 radical (unpaired) electrons. The van der Waals surface area contributed by atoms with Crippen molar-refractivity contribution >= 4 is 31.1 Å². The van der Waals surface area contributed by atoms with Crippen LogP contribution in [0.5, 0.6) is 0 Å². The predicted octanol–water partition coefficient (Wildman–Crippen LogP) is -0.343. The molecule has 0 rings (SSSR count). The second-order valence-corrected chi connectivity index (χ2v) is 8.58. The molecule has 0 heterocycles. The monoisotopic (exact) mass is 244 g/mol. The maximum atomic E-state index is 3.68. The molecular formula is C8H17BrMgSi. The average Bonchev–Trinajstić information content (AvgIpc) is 1.63. The van der Waals surface area contributed by atoms with E-state index in [4.69, 9.17) is 0 Å². The molecule has 0 amide bonds. The van der Waals surface area contributed by atoms with Gasteiger partial charge in [0.15, 0.2) is 0 Å². The van der Waals surface area contributed by atoms with Crippen molar-refractivity contribution in [2.75, 3.05) is 0 Å². The quantitative estimate of drug-likeness (QED) is 0.275. The van der Waals surface area contributed by atoms with Crippen LogP contribution in [0.4, 0.5) is 0 Å². The molecule has 0 fully saturated rings. The standard InChI is InChI=1S/C8H17Si.BrH.Mg/c1-5-6-7-8-9(2,3)4;;/h5,8H,1,6-7H2,2-4H3;1H;/q-1;;+2/p-1. The smallest absolute Gasteiger partial charge is 1.00 e. The second kappa shape index (κ2) is 9.29. The Kier molecular flexibility index (Phi) is 15.3. The Labute approximate surface area is 98.8 Å². The topological polar surface area (TPSA) is 0 Å². The van der Waals surface area contributed by atoms with E-state index in [2.05, 4.69) is 32.3 Å². The summed E-state index contributed by atoms with van der Waals surface area (Å²) >= 11 is 0. The molecule has 0 spiro atoms. The van der Waals surface area contributed by atoms with Gasteiger partial charge in [-0.2, -0.15) is 6.42 Å². The zero-order valence-electron chi connectivity index (χ0n) is 7.86. The fourth-order valence-corrected chi connectivity index (χ4v) is 1.67. The van der Waals surface area contributed by atoms with E-state index in [1.165, 1.54) is 6.42 Å². The molecule has 0 saturated heterocycles. The molecule has 3 heteroatoms. The molecule has 0 unspecified atom stereocenters. The number of halogens is 1. The third-order valence-corrected chi connectivity index (χ3v) is 2.64. The Hall–Kier alpha value is 1.20. The average molecular weight is 246 g/mol. The molecule has 0 aromatic carbocycles. The van der Waals surface area contributed by atoms with Gasteiger partial charge in [0.1, 0.15) is 0 Å². The summed E-state index contributed by atoms with van der Waals surface area (Å²) in [6, 6.07) is 2.47. The Balaban J connectivity index is -0.000000320. The van der Waals surface area contributed by atoms with Gasteiger partial charge in [-0.25, -0.2) is 0 Å². The van der Waals surface area contributed by atoms with Gasteiger partial charge >= 0.3 is 23.1 Å². The van der Waals surface area contributed by atoms with Crippen LogP contribution in [-0.4, -0.2) is 31.1 Å². The van der Waals surface area contributed by atoms with Crippen LogP contribution in [0.25, 0.3) is 0 Å². The Bertz CT molecular complexity index is 88.6. The minimum Gasteiger partial charge on any atom is -1.00 e. The van der Waals surface area contributed by atoms with Gasteiger partial charge in [0, 0.05) is 0 Å². The van der Waals surface area contributed by atoms with E-state index >= 15 is 0 Å². The maximum absolute atomic E-state index is 3.68. The van der Waals surface area contributed by atoms with Crippen molar-refractivity contribution in [2.24, 2.45) is 0 Å². The van der Waals surface area contributed by atoms with E-state index in [0.29, 0.717) is 0 Å². The normalized spacial score (nSPS) is 9.36. The van der Waals surface area contributed by atoms with E-state index < -0.39 is 8.07 Å². The molecule has 0 aliphatic rings. The van der Waals surface area contributed by atoms with Gasteiger partial charge in [-0.15, -0.1) is 14.7 Å². The van der Waals surface area contributed by atoms with E-state index in [1.807, 2.05) is 6.08 Å². The SMILES string of the molecule is C=CCC[CH-][Si](C)(C)C.[Br-].[Mg+2]. The zero-order valence-corrected chi connectivity index (χ0v) is 11.9. The van der Waals surface area contributed by atoms with Crippen molar-refractivity contribution in [3.05, 3.63) is 18.7 Å². The third kappa shape index (κ3) is 18.3. The minimum absolute atomic E-state index is 0. The summed E-state index contributed by atoms with van der Waals surface area (Å²) in [5.41, 5.74) is 0. The van der Waals surface area contributed by atoms with Gasteiger partial charge in [0.2, 0.25) is 0 Å². The van der Waals surface area contributed by atoms with E-state index in [9.17, 15) is 0 Å². The van der Waals surface area contributed by atoms with E-state index in [1.54, 1.807) is 0 Å². The predicted molar refractivity (Wildman–Crippen MR) is 52.8 cm³/mol. The number of rotatable bonds is 4. The van der Waals surface area contributed by atoms with Crippen molar-refractivity contribution in [3.8, 4) is 0 Å². The number of unbranched alkanes of at least 4 members (excludes halogenated alkanes) is 1. The zero-order chi connectivity index (χ0) is 7.33. The Morgan fingerprint density at radius 1 is 1.36 bits per heavy atom. The molecule has 0 aromatic rings. The first-order valence-electron chi connectivity index (χ1n) is 3.51. The minimum atomic E-state index is -0.867. The molecule has 0 aliphatic heterocycles. The van der Waals surface area contributed by atoms with Crippen LogP contribution < -0.4 is 17.0 Å². The van der Waals surface area contributed by atoms with Crippen LogP contribution in [0.15, 0.2) is 12.7 Å². The van der Waals surface area contributed by atoms with Gasteiger partial charge in [-0.05, 0) is 0 Å². The molecule has 0 saturated carbocycles. The van der Waals surface area contributed by atoms with Gasteiger partial charge in [0.25, 0.3) is 0 Å². The van der Waals surface area contributed by atoms with Crippen LogP contribution in [0.3, 0.4) is 0 Å². The van der Waals surface area contributed by atoms with Crippen LogP contribution >= 0.6 is 0 Å². The fraction of sp³-hybridized carbons (Fsp3) is 0.625. The molecule has 0 aromatic heterocycles. The summed E-state index contributed by atoms with van der Waals surface area (Å²) in [6.07, 6.45) is 4.35. The number of hydrogen-bond donors (Lipinski definition) is 0. The van der Waals surface area contributed by atoms with Crippen molar-refractivity contribution in [1.82, 2.24) is 0 Å². The van der Waals surface area contributed by atoms with E-state index in [-0.39, 0.29) is 40.0 Å². The molecule has 0 nitrogen and oxygen atoms in total. The molecule has 0 atom stereocenters. The summed E-state index contributed by atoms with van der Waals surface area (Å²) in [4.78, 5) is 0. The first-order chi connectivity index (χ1) is 4.06. The van der Waals surface area contributed by atoms with Crippen LogP contribution in [0.1, 0.15) is 12.8 Å². The summed E-state index contributed by atoms with van der Waals surface area (Å²) < 4.78 is 0. The fourth-order valence-electron chi connectivity index (χ4n) is 0.634. The van der Waals surface area contributed by atoms with Crippen LogP contribution in [0.2, 0.25) is 19.6 Å². The van der Waals surface area contributed by atoms with Crippen molar-refractivity contribution in [2.45, 2.75) is 32.5 Å². The molecular weight excluding hydrogens is 228 g/mol. The summed E-state index contributed by atoms with van der Waals surface area (Å²) in [5, 5.41) is 0. The van der Waals surface area contributed by atoms with Crippen molar-refractivity contribution in [3.63, 3.8) is 0 Å². The Morgan fingerprint density at radius 2 is 1.82 bits per heavy atom. The number of hydrogen-bond acceptors (Lipinski definition) is 0. The molecule has 0 N–H and O–H groups in total. The van der Waals surface area contributed by atoms with Crippen molar-refractivity contribution in [1.29, 1.82) is 0 Å². The molecule has 0 bridgehead atoms. The third-order valence-electron chi connectivity index (χ3n) is 1.13. The largest absolute Gasteiger partial charge is 2.00 e. The van der Waals surface area contributed by atoms with Crippen LogP contribution in [-0.2, 0) is 0 Å². The molecule has 0 aliphatic carbocycles.